The summed E-state index contributed by atoms with van der Waals surface area (Å²) in [5.41, 5.74) is 1.06. The topological polar surface area (TPSA) is 53.4 Å². The maximum atomic E-state index is 13.0. The van der Waals surface area contributed by atoms with Crippen molar-refractivity contribution in [1.82, 2.24) is 9.55 Å². The summed E-state index contributed by atoms with van der Waals surface area (Å²) in [5, 5.41) is 1.62. The zero-order valence-corrected chi connectivity index (χ0v) is 14.5. The van der Waals surface area contributed by atoms with Crippen LogP contribution in [0.2, 0.25) is 10.0 Å². The molecule has 0 aliphatic carbocycles. The number of ether oxygens (including phenoxy) is 2. The third kappa shape index (κ3) is 3.03. The molecule has 1 aromatic carbocycles. The fraction of sp³-hybridized carbons (Fsp3) is 0.176. The van der Waals surface area contributed by atoms with Gasteiger partial charge in [-0.1, -0.05) is 23.2 Å². The first kappa shape index (κ1) is 16.9. The van der Waals surface area contributed by atoms with Gasteiger partial charge < -0.3 is 9.47 Å². The van der Waals surface area contributed by atoms with Crippen molar-refractivity contribution in [1.29, 1.82) is 0 Å². The smallest absolute Gasteiger partial charge is 0.265 e. The molecule has 0 bridgehead atoms. The lowest BCUT2D eigenvalue weighted by molar-refractivity contribution is -0.106. The van der Waals surface area contributed by atoms with Crippen molar-refractivity contribution in [2.24, 2.45) is 0 Å². The number of methoxy groups -OCH3 is 2. The summed E-state index contributed by atoms with van der Waals surface area (Å²) in [5.74, 6) is 0. The Balaban J connectivity index is 2.40. The second-order valence-electron chi connectivity index (χ2n) is 5.09. The molecule has 0 amide bonds. The van der Waals surface area contributed by atoms with Crippen molar-refractivity contribution in [2.45, 2.75) is 6.29 Å². The van der Waals surface area contributed by atoms with Crippen LogP contribution in [-0.2, 0) is 9.47 Å². The van der Waals surface area contributed by atoms with Gasteiger partial charge in [0.15, 0.2) is 6.29 Å². The van der Waals surface area contributed by atoms with Crippen molar-refractivity contribution < 1.29 is 9.47 Å². The Labute approximate surface area is 148 Å². The quantitative estimate of drug-likeness (QED) is 0.657. The number of hydrogen-bond acceptors (Lipinski definition) is 4. The standard InChI is InChI=1S/C17H14Cl2N2O3/c1-23-17(24-2)14-6-10-4-3-5-20-15(10)21(16(14)22)13-8-11(18)7-12(19)9-13/h3-9,17H,1-2H3. The molecule has 0 saturated carbocycles. The molecule has 0 aliphatic heterocycles. The molecule has 0 N–H and O–H groups in total. The third-order valence-electron chi connectivity index (χ3n) is 3.58. The molecule has 0 fully saturated rings. The van der Waals surface area contributed by atoms with Crippen LogP contribution in [0.3, 0.4) is 0 Å². The minimum Gasteiger partial charge on any atom is -0.351 e. The molecule has 24 heavy (non-hydrogen) atoms. The second kappa shape index (κ2) is 6.91. The van der Waals surface area contributed by atoms with E-state index in [4.69, 9.17) is 32.7 Å². The maximum absolute atomic E-state index is 13.0. The highest BCUT2D eigenvalue weighted by Gasteiger charge is 2.19. The van der Waals surface area contributed by atoms with Gasteiger partial charge >= 0.3 is 0 Å². The van der Waals surface area contributed by atoms with E-state index in [9.17, 15) is 4.79 Å². The van der Waals surface area contributed by atoms with Crippen molar-refractivity contribution in [3.63, 3.8) is 0 Å². The molecule has 2 heterocycles. The summed E-state index contributed by atoms with van der Waals surface area (Å²) in [6.07, 6.45) is 0.830. The first-order valence-electron chi connectivity index (χ1n) is 7.08. The van der Waals surface area contributed by atoms with Crippen LogP contribution in [-0.4, -0.2) is 23.8 Å². The molecule has 5 nitrogen and oxygen atoms in total. The molecule has 7 heteroatoms. The number of nitrogens with zero attached hydrogens (tertiary/aromatic N) is 2. The number of rotatable bonds is 4. The van der Waals surface area contributed by atoms with E-state index < -0.39 is 6.29 Å². The van der Waals surface area contributed by atoms with Gasteiger partial charge in [-0.25, -0.2) is 4.98 Å². The van der Waals surface area contributed by atoms with E-state index in [0.717, 1.165) is 5.39 Å². The van der Waals surface area contributed by atoms with Gasteiger partial charge in [0.25, 0.3) is 5.56 Å². The number of hydrogen-bond donors (Lipinski definition) is 0. The van der Waals surface area contributed by atoms with Crippen LogP contribution in [0.25, 0.3) is 16.7 Å². The van der Waals surface area contributed by atoms with Gasteiger partial charge in [0, 0.05) is 35.8 Å². The number of pyridine rings is 2. The minimum absolute atomic E-state index is 0.312. The van der Waals surface area contributed by atoms with Crippen LogP contribution in [0.1, 0.15) is 11.9 Å². The molecule has 0 spiro atoms. The van der Waals surface area contributed by atoms with Crippen molar-refractivity contribution in [2.75, 3.05) is 14.2 Å². The predicted octanol–water partition coefficient (Wildman–Crippen LogP) is 3.98. The highest BCUT2D eigenvalue weighted by atomic mass is 35.5. The van der Waals surface area contributed by atoms with Crippen LogP contribution in [0.4, 0.5) is 0 Å². The van der Waals surface area contributed by atoms with Crippen LogP contribution in [0.5, 0.6) is 0 Å². The van der Waals surface area contributed by atoms with Crippen molar-refractivity contribution in [3.8, 4) is 5.69 Å². The van der Waals surface area contributed by atoms with E-state index in [-0.39, 0.29) is 5.56 Å². The molecule has 0 radical (unpaired) electrons. The number of halogens is 2. The Morgan fingerprint density at radius 3 is 2.38 bits per heavy atom. The van der Waals surface area contributed by atoms with Crippen LogP contribution in [0, 0.1) is 0 Å². The van der Waals surface area contributed by atoms with Crippen molar-refractivity contribution in [3.05, 3.63) is 68.6 Å². The Morgan fingerprint density at radius 2 is 1.75 bits per heavy atom. The summed E-state index contributed by atoms with van der Waals surface area (Å²) >= 11 is 12.2. The summed E-state index contributed by atoms with van der Waals surface area (Å²) in [4.78, 5) is 17.4. The highest BCUT2D eigenvalue weighted by Crippen LogP contribution is 2.25. The Morgan fingerprint density at radius 1 is 1.08 bits per heavy atom. The monoisotopic (exact) mass is 364 g/mol. The second-order valence-corrected chi connectivity index (χ2v) is 5.96. The van der Waals surface area contributed by atoms with E-state index in [0.29, 0.717) is 26.9 Å². The van der Waals surface area contributed by atoms with E-state index in [1.54, 1.807) is 36.5 Å². The number of fused-ring (bicyclic) bond motifs is 1. The van der Waals surface area contributed by atoms with Gasteiger partial charge in [0.1, 0.15) is 5.65 Å². The predicted molar refractivity (Wildman–Crippen MR) is 94.1 cm³/mol. The third-order valence-corrected chi connectivity index (χ3v) is 4.01. The lowest BCUT2D eigenvalue weighted by Gasteiger charge is -2.17. The van der Waals surface area contributed by atoms with Gasteiger partial charge in [-0.05, 0) is 36.4 Å². The highest BCUT2D eigenvalue weighted by molar-refractivity contribution is 6.34. The normalized spacial score (nSPS) is 11.4. The summed E-state index contributed by atoms with van der Waals surface area (Å²) in [7, 11) is 2.95. The maximum Gasteiger partial charge on any atom is 0.265 e. The summed E-state index contributed by atoms with van der Waals surface area (Å²) < 4.78 is 11.9. The van der Waals surface area contributed by atoms with Crippen molar-refractivity contribution >= 4 is 34.2 Å². The number of benzene rings is 1. The zero-order valence-electron chi connectivity index (χ0n) is 13.0. The molecule has 124 valence electrons. The molecular formula is C17H14Cl2N2O3. The lowest BCUT2D eigenvalue weighted by Crippen LogP contribution is -2.26. The zero-order chi connectivity index (χ0) is 17.3. The molecule has 0 saturated heterocycles. The molecule has 3 rings (SSSR count). The molecule has 0 aliphatic rings. The van der Waals surface area contributed by atoms with E-state index in [1.165, 1.54) is 18.8 Å². The van der Waals surface area contributed by atoms with Gasteiger partial charge in [-0.2, -0.15) is 0 Å². The van der Waals surface area contributed by atoms with E-state index in [2.05, 4.69) is 4.98 Å². The molecule has 0 unspecified atom stereocenters. The molecule has 3 aromatic rings. The SMILES string of the molecule is COC(OC)c1cc2cccnc2n(-c2cc(Cl)cc(Cl)c2)c1=O. The average molecular weight is 365 g/mol. The van der Waals surface area contributed by atoms with Crippen LogP contribution >= 0.6 is 23.2 Å². The molecular weight excluding hydrogens is 351 g/mol. The van der Waals surface area contributed by atoms with E-state index >= 15 is 0 Å². The Bertz CT molecular complexity index is 932. The lowest BCUT2D eigenvalue weighted by atomic mass is 10.1. The fourth-order valence-corrected chi connectivity index (χ4v) is 3.10. The fourth-order valence-electron chi connectivity index (χ4n) is 2.59. The average Bonchev–Trinajstić information content (AvgIpc) is 2.55. The van der Waals surface area contributed by atoms with Gasteiger partial charge in [0.05, 0.1) is 11.3 Å². The van der Waals surface area contributed by atoms with Gasteiger partial charge in [-0.3, -0.25) is 9.36 Å². The summed E-state index contributed by atoms with van der Waals surface area (Å²) in [6, 6.07) is 10.3. The first-order chi connectivity index (χ1) is 11.5. The van der Waals surface area contributed by atoms with Crippen LogP contribution in [0.15, 0.2) is 47.4 Å². The number of aromatic nitrogens is 2. The van der Waals surface area contributed by atoms with Gasteiger partial charge in [0.2, 0.25) is 0 Å². The van der Waals surface area contributed by atoms with E-state index in [1.807, 2.05) is 6.07 Å². The molecule has 2 aromatic heterocycles. The summed E-state index contributed by atoms with van der Waals surface area (Å²) in [6.45, 7) is 0. The minimum atomic E-state index is -0.789. The largest absolute Gasteiger partial charge is 0.351 e. The molecule has 0 atom stereocenters. The van der Waals surface area contributed by atoms with Crippen LogP contribution < -0.4 is 5.56 Å². The Kier molecular flexibility index (Phi) is 4.87. The van der Waals surface area contributed by atoms with Gasteiger partial charge in [-0.15, -0.1) is 0 Å². The Hall–Kier alpha value is -1.92. The first-order valence-corrected chi connectivity index (χ1v) is 7.83.